The van der Waals surface area contributed by atoms with Gasteiger partial charge in [-0.25, -0.2) is 0 Å². The van der Waals surface area contributed by atoms with E-state index in [0.717, 1.165) is 19.4 Å². The van der Waals surface area contributed by atoms with Crippen molar-refractivity contribution >= 4 is 0 Å². The minimum absolute atomic E-state index is 0.199. The molecule has 0 bridgehead atoms. The van der Waals surface area contributed by atoms with Crippen LogP contribution in [-0.4, -0.2) is 24.9 Å². The number of allylic oxidation sites excluding steroid dienone is 1. The largest absolute Gasteiger partial charge is 0.396 e. The van der Waals surface area contributed by atoms with Crippen LogP contribution in [0.4, 0.5) is 0 Å². The minimum Gasteiger partial charge on any atom is -0.396 e. The number of aliphatic hydroxyl groups is 1. The SMILES string of the molecule is C=CC[C@H](CO)COCCCCCCCCCCCCCC. The highest BCUT2D eigenvalue weighted by Crippen LogP contribution is 2.12. The highest BCUT2D eigenvalue weighted by atomic mass is 16.5. The van der Waals surface area contributed by atoms with E-state index in [2.05, 4.69) is 13.5 Å². The van der Waals surface area contributed by atoms with Crippen LogP contribution in [0.15, 0.2) is 12.7 Å². The van der Waals surface area contributed by atoms with Gasteiger partial charge in [0.15, 0.2) is 0 Å². The van der Waals surface area contributed by atoms with Crippen LogP contribution in [0, 0.1) is 5.92 Å². The Morgan fingerprint density at radius 1 is 0.864 bits per heavy atom. The van der Waals surface area contributed by atoms with Crippen LogP contribution in [-0.2, 0) is 4.74 Å². The van der Waals surface area contributed by atoms with Gasteiger partial charge in [-0.3, -0.25) is 0 Å². The molecule has 0 radical (unpaired) electrons. The second-order valence-electron chi connectivity index (χ2n) is 6.54. The third kappa shape index (κ3) is 16.0. The van der Waals surface area contributed by atoms with Gasteiger partial charge >= 0.3 is 0 Å². The number of hydrogen-bond acceptors (Lipinski definition) is 2. The van der Waals surface area contributed by atoms with Crippen molar-refractivity contribution in [2.45, 2.75) is 90.4 Å². The van der Waals surface area contributed by atoms with E-state index in [9.17, 15) is 0 Å². The standard InChI is InChI=1S/C20H40O2/c1-3-5-6-7-8-9-10-11-12-13-14-15-17-22-19-20(18-21)16-4-2/h4,20-21H,2-3,5-19H2,1H3/t20-/m1/s1. The molecule has 132 valence electrons. The second kappa shape index (κ2) is 18.7. The first-order valence-corrected chi connectivity index (χ1v) is 9.64. The molecule has 0 aromatic carbocycles. The first-order valence-electron chi connectivity index (χ1n) is 9.64. The summed E-state index contributed by atoms with van der Waals surface area (Å²) in [4.78, 5) is 0. The summed E-state index contributed by atoms with van der Waals surface area (Å²) < 4.78 is 5.62. The Morgan fingerprint density at radius 2 is 1.36 bits per heavy atom. The molecule has 0 fully saturated rings. The lowest BCUT2D eigenvalue weighted by Gasteiger charge is -2.12. The van der Waals surface area contributed by atoms with Crippen molar-refractivity contribution in [2.75, 3.05) is 19.8 Å². The fourth-order valence-corrected chi connectivity index (χ4v) is 2.73. The third-order valence-electron chi connectivity index (χ3n) is 4.25. The van der Waals surface area contributed by atoms with E-state index < -0.39 is 0 Å². The van der Waals surface area contributed by atoms with Crippen LogP contribution < -0.4 is 0 Å². The molecule has 0 aromatic rings. The quantitative estimate of drug-likeness (QED) is 0.253. The van der Waals surface area contributed by atoms with E-state index in [4.69, 9.17) is 9.84 Å². The Labute approximate surface area is 139 Å². The van der Waals surface area contributed by atoms with Gasteiger partial charge in [-0.15, -0.1) is 6.58 Å². The molecule has 2 nitrogen and oxygen atoms in total. The average molecular weight is 313 g/mol. The van der Waals surface area contributed by atoms with E-state index >= 15 is 0 Å². The smallest absolute Gasteiger partial charge is 0.0519 e. The Hall–Kier alpha value is -0.340. The summed E-state index contributed by atoms with van der Waals surface area (Å²) in [5.41, 5.74) is 0. The van der Waals surface area contributed by atoms with E-state index in [1.165, 1.54) is 70.6 Å². The molecule has 2 heteroatoms. The molecule has 22 heavy (non-hydrogen) atoms. The highest BCUT2D eigenvalue weighted by Gasteiger charge is 2.04. The monoisotopic (exact) mass is 312 g/mol. The Bertz CT molecular complexity index is 216. The molecule has 0 amide bonds. The van der Waals surface area contributed by atoms with Crippen LogP contribution in [0.25, 0.3) is 0 Å². The van der Waals surface area contributed by atoms with Crippen molar-refractivity contribution in [3.63, 3.8) is 0 Å². The molecule has 0 aliphatic carbocycles. The van der Waals surface area contributed by atoms with Crippen LogP contribution >= 0.6 is 0 Å². The van der Waals surface area contributed by atoms with Gasteiger partial charge in [0.2, 0.25) is 0 Å². The summed E-state index contributed by atoms with van der Waals surface area (Å²) in [6.45, 7) is 7.68. The van der Waals surface area contributed by atoms with E-state index in [0.29, 0.717) is 6.61 Å². The topological polar surface area (TPSA) is 29.5 Å². The lowest BCUT2D eigenvalue weighted by Crippen LogP contribution is -2.13. The highest BCUT2D eigenvalue weighted by molar-refractivity contribution is 4.72. The molecule has 0 spiro atoms. The van der Waals surface area contributed by atoms with Gasteiger partial charge in [0.25, 0.3) is 0 Å². The van der Waals surface area contributed by atoms with Gasteiger partial charge in [0, 0.05) is 19.1 Å². The van der Waals surface area contributed by atoms with Crippen LogP contribution in [0.2, 0.25) is 0 Å². The number of ether oxygens (including phenoxy) is 1. The van der Waals surface area contributed by atoms with Gasteiger partial charge in [-0.05, 0) is 12.8 Å². The Morgan fingerprint density at radius 3 is 1.82 bits per heavy atom. The summed E-state index contributed by atoms with van der Waals surface area (Å²) in [5.74, 6) is 0.231. The minimum atomic E-state index is 0.199. The molecular weight excluding hydrogens is 272 g/mol. The predicted octanol–water partition coefficient (Wildman–Crippen LogP) is 5.89. The number of unbranched alkanes of at least 4 members (excludes halogenated alkanes) is 11. The van der Waals surface area contributed by atoms with E-state index in [1.54, 1.807) is 0 Å². The molecule has 0 unspecified atom stereocenters. The van der Waals surface area contributed by atoms with Crippen LogP contribution in [0.1, 0.15) is 90.4 Å². The van der Waals surface area contributed by atoms with Crippen molar-refractivity contribution in [1.29, 1.82) is 0 Å². The summed E-state index contributed by atoms with van der Waals surface area (Å²) in [7, 11) is 0. The van der Waals surface area contributed by atoms with E-state index in [-0.39, 0.29) is 12.5 Å². The fraction of sp³-hybridized carbons (Fsp3) is 0.900. The van der Waals surface area contributed by atoms with Crippen molar-refractivity contribution in [2.24, 2.45) is 5.92 Å². The lowest BCUT2D eigenvalue weighted by molar-refractivity contribution is 0.0717. The van der Waals surface area contributed by atoms with Crippen LogP contribution in [0.3, 0.4) is 0 Å². The number of hydrogen-bond donors (Lipinski definition) is 1. The molecule has 0 rings (SSSR count). The predicted molar refractivity (Wildman–Crippen MR) is 97.3 cm³/mol. The average Bonchev–Trinajstić information content (AvgIpc) is 2.54. The maximum atomic E-state index is 9.13. The zero-order chi connectivity index (χ0) is 16.3. The molecule has 1 N–H and O–H groups in total. The van der Waals surface area contributed by atoms with Crippen molar-refractivity contribution < 1.29 is 9.84 Å². The van der Waals surface area contributed by atoms with Crippen LogP contribution in [0.5, 0.6) is 0 Å². The molecule has 0 saturated carbocycles. The molecular formula is C20H40O2. The zero-order valence-corrected chi connectivity index (χ0v) is 15.0. The first kappa shape index (κ1) is 21.7. The molecule has 0 heterocycles. The van der Waals surface area contributed by atoms with Crippen molar-refractivity contribution in [1.82, 2.24) is 0 Å². The molecule has 0 aliphatic heterocycles. The van der Waals surface area contributed by atoms with Gasteiger partial charge in [-0.1, -0.05) is 83.6 Å². The zero-order valence-electron chi connectivity index (χ0n) is 15.0. The summed E-state index contributed by atoms with van der Waals surface area (Å²) in [6.07, 6.45) is 19.2. The third-order valence-corrected chi connectivity index (χ3v) is 4.25. The fourth-order valence-electron chi connectivity index (χ4n) is 2.73. The first-order chi connectivity index (χ1) is 10.8. The van der Waals surface area contributed by atoms with Crippen molar-refractivity contribution in [3.8, 4) is 0 Å². The molecule has 0 aliphatic rings. The summed E-state index contributed by atoms with van der Waals surface area (Å²) in [6, 6.07) is 0. The second-order valence-corrected chi connectivity index (χ2v) is 6.54. The molecule has 1 atom stereocenters. The maximum absolute atomic E-state index is 9.13. The summed E-state index contributed by atoms with van der Waals surface area (Å²) >= 11 is 0. The van der Waals surface area contributed by atoms with Gasteiger partial charge in [-0.2, -0.15) is 0 Å². The molecule has 0 aromatic heterocycles. The number of aliphatic hydroxyl groups excluding tert-OH is 1. The Balaban J connectivity index is 3.09. The van der Waals surface area contributed by atoms with Gasteiger partial charge in [0.05, 0.1) is 6.61 Å². The van der Waals surface area contributed by atoms with Gasteiger partial charge < -0.3 is 9.84 Å². The normalized spacial score (nSPS) is 12.5. The summed E-state index contributed by atoms with van der Waals surface area (Å²) in [5, 5.41) is 9.13. The molecule has 0 saturated heterocycles. The van der Waals surface area contributed by atoms with Crippen molar-refractivity contribution in [3.05, 3.63) is 12.7 Å². The van der Waals surface area contributed by atoms with Gasteiger partial charge in [0.1, 0.15) is 0 Å². The maximum Gasteiger partial charge on any atom is 0.0519 e. The Kier molecular flexibility index (Phi) is 18.4. The number of rotatable bonds is 18. The lowest BCUT2D eigenvalue weighted by atomic mass is 10.1. The van der Waals surface area contributed by atoms with E-state index in [1.807, 2.05) is 6.08 Å².